The fourth-order valence-electron chi connectivity index (χ4n) is 4.19. The third-order valence-corrected chi connectivity index (χ3v) is 5.76. The van der Waals surface area contributed by atoms with E-state index in [1.807, 2.05) is 0 Å². The van der Waals surface area contributed by atoms with Crippen molar-refractivity contribution < 1.29 is 0 Å². The molecule has 0 unspecified atom stereocenters. The lowest BCUT2D eigenvalue weighted by Crippen LogP contribution is -2.30. The highest BCUT2D eigenvalue weighted by Gasteiger charge is 2.16. The van der Waals surface area contributed by atoms with Crippen LogP contribution in [0.5, 0.6) is 0 Å². The van der Waals surface area contributed by atoms with Crippen molar-refractivity contribution in [1.82, 2.24) is 19.8 Å². The van der Waals surface area contributed by atoms with Crippen LogP contribution in [0.3, 0.4) is 0 Å². The summed E-state index contributed by atoms with van der Waals surface area (Å²) in [4.78, 5) is 14.8. The van der Waals surface area contributed by atoms with Crippen molar-refractivity contribution in [3.05, 3.63) is 84.2 Å². The fraction of sp³-hybridized carbons (Fsp3) is 0.280. The molecule has 0 radical (unpaired) electrons. The molecule has 2 aromatic heterocycles. The Morgan fingerprint density at radius 1 is 0.552 bits per heavy atom. The summed E-state index contributed by atoms with van der Waals surface area (Å²) in [6.45, 7) is 6.23. The molecule has 3 heterocycles. The van der Waals surface area contributed by atoms with Crippen molar-refractivity contribution in [2.24, 2.45) is 0 Å². The first-order valence-electron chi connectivity index (χ1n) is 10.5. The summed E-state index contributed by atoms with van der Waals surface area (Å²) in [5, 5.41) is 2.42. The van der Waals surface area contributed by atoms with Crippen LogP contribution in [0.25, 0.3) is 21.8 Å². The van der Waals surface area contributed by atoms with Crippen molar-refractivity contribution in [2.45, 2.75) is 19.5 Å². The average Bonchev–Trinajstić information content (AvgIpc) is 2.98. The van der Waals surface area contributed by atoms with Crippen LogP contribution < -0.4 is 0 Å². The van der Waals surface area contributed by atoms with E-state index in [9.17, 15) is 0 Å². The van der Waals surface area contributed by atoms with Crippen LogP contribution in [0.15, 0.2) is 72.8 Å². The summed E-state index contributed by atoms with van der Waals surface area (Å²) in [5.41, 5.74) is 4.49. The summed E-state index contributed by atoms with van der Waals surface area (Å²) in [5.74, 6) is 0. The zero-order chi connectivity index (χ0) is 19.5. The van der Waals surface area contributed by atoms with E-state index in [1.165, 1.54) is 17.2 Å². The van der Waals surface area contributed by atoms with Gasteiger partial charge in [0, 0.05) is 37.0 Å². The zero-order valence-electron chi connectivity index (χ0n) is 16.7. The Morgan fingerprint density at radius 3 is 1.55 bits per heavy atom. The molecule has 4 heteroatoms. The largest absolute Gasteiger partial charge is 0.296 e. The standard InChI is InChI=1S/C25H26N4/c1-3-8-24-20(6-1)10-12-22(26-24)18-28-14-5-15-29(17-16-28)19-23-13-11-21-7-2-4-9-25(21)27-23/h1-4,6-13H,5,14-19H2. The maximum atomic E-state index is 4.85. The van der Waals surface area contributed by atoms with Crippen LogP contribution in [-0.2, 0) is 13.1 Å². The fourth-order valence-corrected chi connectivity index (χ4v) is 4.19. The normalized spacial score (nSPS) is 16.3. The summed E-state index contributed by atoms with van der Waals surface area (Å²) in [7, 11) is 0. The van der Waals surface area contributed by atoms with Gasteiger partial charge in [-0.1, -0.05) is 48.5 Å². The molecule has 0 N–H and O–H groups in total. The highest BCUT2D eigenvalue weighted by molar-refractivity contribution is 5.79. The van der Waals surface area contributed by atoms with Crippen LogP contribution in [0, 0.1) is 0 Å². The Hall–Kier alpha value is -2.82. The van der Waals surface area contributed by atoms with Crippen molar-refractivity contribution in [1.29, 1.82) is 0 Å². The monoisotopic (exact) mass is 382 g/mol. The van der Waals surface area contributed by atoms with Crippen LogP contribution in [-0.4, -0.2) is 45.9 Å². The van der Waals surface area contributed by atoms with Crippen molar-refractivity contribution in [2.75, 3.05) is 26.2 Å². The number of rotatable bonds is 4. The molecule has 4 aromatic rings. The number of aromatic nitrogens is 2. The number of para-hydroxylation sites is 2. The number of hydrogen-bond acceptors (Lipinski definition) is 4. The van der Waals surface area contributed by atoms with Gasteiger partial charge in [0.1, 0.15) is 0 Å². The topological polar surface area (TPSA) is 32.3 Å². The molecule has 0 aliphatic carbocycles. The molecule has 0 amide bonds. The Bertz CT molecular complexity index is 1030. The number of pyridine rings is 2. The second-order valence-corrected chi connectivity index (χ2v) is 7.90. The van der Waals surface area contributed by atoms with Crippen LogP contribution in [0.4, 0.5) is 0 Å². The SMILES string of the molecule is c1ccc2nc(CN3CCCN(Cc4ccc5ccccc5n4)CC3)ccc2c1. The molecule has 1 aliphatic heterocycles. The third kappa shape index (κ3) is 4.29. The second-order valence-electron chi connectivity index (χ2n) is 7.90. The summed E-state index contributed by atoms with van der Waals surface area (Å²) in [6, 6.07) is 25.4. The molecule has 5 rings (SSSR count). The Labute approximate surface area is 171 Å². The van der Waals surface area contributed by atoms with E-state index < -0.39 is 0 Å². The van der Waals surface area contributed by atoms with E-state index in [-0.39, 0.29) is 0 Å². The number of benzene rings is 2. The van der Waals surface area contributed by atoms with Gasteiger partial charge in [0.2, 0.25) is 0 Å². The predicted octanol–water partition coefficient (Wildman–Crippen LogP) is 4.49. The van der Waals surface area contributed by atoms with E-state index >= 15 is 0 Å². The molecule has 146 valence electrons. The highest BCUT2D eigenvalue weighted by atomic mass is 15.2. The quantitative estimate of drug-likeness (QED) is 0.521. The molecule has 1 aliphatic rings. The molecular formula is C25H26N4. The van der Waals surface area contributed by atoms with E-state index in [0.717, 1.165) is 61.7 Å². The predicted molar refractivity (Wildman–Crippen MR) is 119 cm³/mol. The first-order valence-corrected chi connectivity index (χ1v) is 10.5. The van der Waals surface area contributed by atoms with Gasteiger partial charge in [0.05, 0.1) is 22.4 Å². The van der Waals surface area contributed by atoms with E-state index in [1.54, 1.807) is 0 Å². The Balaban J connectivity index is 1.22. The van der Waals surface area contributed by atoms with Gasteiger partial charge in [-0.15, -0.1) is 0 Å². The van der Waals surface area contributed by atoms with Gasteiger partial charge < -0.3 is 0 Å². The van der Waals surface area contributed by atoms with Crippen LogP contribution in [0.2, 0.25) is 0 Å². The minimum Gasteiger partial charge on any atom is -0.296 e. The van der Waals surface area contributed by atoms with Crippen molar-refractivity contribution >= 4 is 21.8 Å². The Morgan fingerprint density at radius 2 is 1.03 bits per heavy atom. The van der Waals surface area contributed by atoms with Crippen molar-refractivity contribution in [3.63, 3.8) is 0 Å². The molecule has 29 heavy (non-hydrogen) atoms. The molecule has 4 nitrogen and oxygen atoms in total. The maximum Gasteiger partial charge on any atom is 0.0705 e. The minimum atomic E-state index is 0.924. The van der Waals surface area contributed by atoms with Gasteiger partial charge in [-0.05, 0) is 43.8 Å². The van der Waals surface area contributed by atoms with E-state index in [2.05, 4.69) is 82.6 Å². The average molecular weight is 383 g/mol. The van der Waals surface area contributed by atoms with Gasteiger partial charge >= 0.3 is 0 Å². The maximum absolute atomic E-state index is 4.85. The summed E-state index contributed by atoms with van der Waals surface area (Å²) < 4.78 is 0. The lowest BCUT2D eigenvalue weighted by Gasteiger charge is -2.21. The third-order valence-electron chi connectivity index (χ3n) is 5.76. The van der Waals surface area contributed by atoms with Gasteiger partial charge in [0.25, 0.3) is 0 Å². The lowest BCUT2D eigenvalue weighted by atomic mass is 10.2. The first kappa shape index (κ1) is 18.2. The minimum absolute atomic E-state index is 0.924. The van der Waals surface area contributed by atoms with Crippen LogP contribution in [0.1, 0.15) is 17.8 Å². The molecular weight excluding hydrogens is 356 g/mol. The van der Waals surface area contributed by atoms with Gasteiger partial charge in [-0.25, -0.2) is 0 Å². The molecule has 0 saturated carbocycles. The number of fused-ring (bicyclic) bond motifs is 2. The van der Waals surface area contributed by atoms with Crippen LogP contribution >= 0.6 is 0 Å². The van der Waals surface area contributed by atoms with Gasteiger partial charge in [-0.3, -0.25) is 19.8 Å². The smallest absolute Gasteiger partial charge is 0.0705 e. The lowest BCUT2D eigenvalue weighted by molar-refractivity contribution is 0.244. The highest BCUT2D eigenvalue weighted by Crippen LogP contribution is 2.16. The number of nitrogens with zero attached hydrogens (tertiary/aromatic N) is 4. The van der Waals surface area contributed by atoms with Gasteiger partial charge in [-0.2, -0.15) is 0 Å². The molecule has 2 aromatic carbocycles. The van der Waals surface area contributed by atoms with Crippen molar-refractivity contribution in [3.8, 4) is 0 Å². The zero-order valence-corrected chi connectivity index (χ0v) is 16.7. The Kier molecular flexibility index (Phi) is 5.20. The molecule has 1 saturated heterocycles. The molecule has 0 atom stereocenters. The van der Waals surface area contributed by atoms with Gasteiger partial charge in [0.15, 0.2) is 0 Å². The molecule has 1 fully saturated rings. The first-order chi connectivity index (χ1) is 14.3. The second kappa shape index (κ2) is 8.27. The van der Waals surface area contributed by atoms with E-state index in [4.69, 9.17) is 9.97 Å². The molecule has 0 spiro atoms. The van der Waals surface area contributed by atoms with E-state index in [0.29, 0.717) is 0 Å². The summed E-state index contributed by atoms with van der Waals surface area (Å²) >= 11 is 0. The number of hydrogen-bond donors (Lipinski definition) is 0. The molecule has 0 bridgehead atoms. The summed E-state index contributed by atoms with van der Waals surface area (Å²) in [6.07, 6.45) is 1.18.